The lowest BCUT2D eigenvalue weighted by molar-refractivity contribution is -0.167. The summed E-state index contributed by atoms with van der Waals surface area (Å²) in [4.78, 5) is 28.3. The van der Waals surface area contributed by atoms with Gasteiger partial charge in [0.15, 0.2) is 6.10 Å². The smallest absolute Gasteiger partial charge is 0.254 e. The molecule has 1 aromatic carbocycles. The Balaban J connectivity index is 1.88. The minimum atomic E-state index is -0.739. The van der Waals surface area contributed by atoms with Gasteiger partial charge in [0.05, 0.1) is 18.3 Å². The Labute approximate surface area is 146 Å². The molecule has 1 fully saturated rings. The number of aromatic amines is 1. The molecule has 0 aliphatic carbocycles. The number of aryl methyl sites for hydroxylation is 1. The first-order chi connectivity index (χ1) is 12.0. The maximum Gasteiger partial charge on any atom is 0.254 e. The van der Waals surface area contributed by atoms with Gasteiger partial charge in [-0.2, -0.15) is 5.10 Å². The average Bonchev–Trinajstić information content (AvgIpc) is 3.10. The van der Waals surface area contributed by atoms with Crippen LogP contribution in [-0.2, 0) is 20.9 Å². The van der Waals surface area contributed by atoms with Gasteiger partial charge in [-0.15, -0.1) is 0 Å². The molecule has 0 spiro atoms. The van der Waals surface area contributed by atoms with Crippen molar-refractivity contribution in [1.82, 2.24) is 20.0 Å². The summed E-state index contributed by atoms with van der Waals surface area (Å²) in [7, 11) is 3.44. The van der Waals surface area contributed by atoms with Crippen LogP contribution in [0.2, 0.25) is 0 Å². The molecule has 25 heavy (non-hydrogen) atoms. The molecule has 2 aromatic rings. The molecule has 0 radical (unpaired) electrons. The summed E-state index contributed by atoms with van der Waals surface area (Å²) in [6.07, 6.45) is 0.907. The van der Waals surface area contributed by atoms with E-state index in [1.165, 1.54) is 0 Å². The number of morpholine rings is 1. The van der Waals surface area contributed by atoms with Crippen molar-refractivity contribution in [2.75, 3.05) is 20.7 Å². The molecule has 3 rings (SSSR count). The number of carbonyl (C=O) groups is 2. The quantitative estimate of drug-likeness (QED) is 0.908. The van der Waals surface area contributed by atoms with Crippen LogP contribution in [0.1, 0.15) is 22.9 Å². The van der Waals surface area contributed by atoms with Gasteiger partial charge in [-0.25, -0.2) is 0 Å². The second-order valence-corrected chi connectivity index (χ2v) is 6.31. The first-order valence-corrected chi connectivity index (χ1v) is 8.15. The normalized spacial score (nSPS) is 20.6. The van der Waals surface area contributed by atoms with E-state index >= 15 is 0 Å². The number of benzene rings is 1. The van der Waals surface area contributed by atoms with E-state index in [1.807, 2.05) is 37.3 Å². The van der Waals surface area contributed by atoms with Crippen molar-refractivity contribution in [3.8, 4) is 0 Å². The molecule has 7 nitrogen and oxygen atoms in total. The van der Waals surface area contributed by atoms with Gasteiger partial charge in [0.1, 0.15) is 6.61 Å². The van der Waals surface area contributed by atoms with Crippen LogP contribution < -0.4 is 0 Å². The van der Waals surface area contributed by atoms with Crippen LogP contribution >= 0.6 is 0 Å². The number of rotatable bonds is 4. The zero-order valence-electron chi connectivity index (χ0n) is 14.6. The molecule has 2 atom stereocenters. The number of amides is 2. The highest BCUT2D eigenvalue weighted by Gasteiger charge is 2.41. The molecule has 0 unspecified atom stereocenters. The Morgan fingerprint density at radius 3 is 2.84 bits per heavy atom. The van der Waals surface area contributed by atoms with Crippen LogP contribution in [0.25, 0.3) is 0 Å². The third kappa shape index (κ3) is 3.41. The monoisotopic (exact) mass is 342 g/mol. The maximum atomic E-state index is 13.0. The van der Waals surface area contributed by atoms with E-state index in [-0.39, 0.29) is 18.4 Å². The van der Waals surface area contributed by atoms with Gasteiger partial charge in [-0.1, -0.05) is 24.3 Å². The average molecular weight is 342 g/mol. The minimum absolute atomic E-state index is 0.0901. The summed E-state index contributed by atoms with van der Waals surface area (Å²) in [6, 6.07) is 9.13. The van der Waals surface area contributed by atoms with Crippen LogP contribution in [0.4, 0.5) is 0 Å². The second-order valence-electron chi connectivity index (χ2n) is 6.31. The third-order valence-electron chi connectivity index (χ3n) is 4.58. The van der Waals surface area contributed by atoms with Crippen molar-refractivity contribution < 1.29 is 14.3 Å². The number of hydrogen-bond acceptors (Lipinski definition) is 4. The Hall–Kier alpha value is -2.67. The highest BCUT2D eigenvalue weighted by molar-refractivity contribution is 5.86. The van der Waals surface area contributed by atoms with Crippen LogP contribution in [0.15, 0.2) is 36.5 Å². The topological polar surface area (TPSA) is 78.5 Å². The fourth-order valence-corrected chi connectivity index (χ4v) is 3.13. The predicted molar refractivity (Wildman–Crippen MR) is 91.5 cm³/mol. The van der Waals surface area contributed by atoms with Gasteiger partial charge < -0.3 is 14.5 Å². The van der Waals surface area contributed by atoms with Crippen LogP contribution in [0, 0.1) is 6.92 Å². The number of carbonyl (C=O) groups excluding carboxylic acids is 2. The predicted octanol–water partition coefficient (Wildman–Crippen LogP) is 1.28. The Bertz CT molecular complexity index is 759. The fourth-order valence-electron chi connectivity index (χ4n) is 3.13. The highest BCUT2D eigenvalue weighted by Crippen LogP contribution is 2.32. The van der Waals surface area contributed by atoms with E-state index in [2.05, 4.69) is 10.2 Å². The summed E-state index contributed by atoms with van der Waals surface area (Å²) < 4.78 is 5.68. The van der Waals surface area contributed by atoms with E-state index in [0.717, 1.165) is 16.8 Å². The Morgan fingerprint density at radius 1 is 1.40 bits per heavy atom. The first-order valence-electron chi connectivity index (χ1n) is 8.15. The molecule has 1 N–H and O–H groups in total. The maximum absolute atomic E-state index is 13.0. The number of likely N-dealkylation sites (N-methyl/N-ethyl adjacent to an activating group) is 2. The summed E-state index contributed by atoms with van der Waals surface area (Å²) in [5.74, 6) is -0.296. The van der Waals surface area contributed by atoms with Crippen LogP contribution in [0.5, 0.6) is 0 Å². The number of ether oxygens (including phenoxy) is 1. The molecule has 2 amide bonds. The number of hydrogen-bond donors (Lipinski definition) is 1. The molecule has 132 valence electrons. The second kappa shape index (κ2) is 7.06. The Kier molecular flexibility index (Phi) is 4.85. The zero-order valence-corrected chi connectivity index (χ0v) is 14.6. The van der Waals surface area contributed by atoms with E-state index < -0.39 is 12.1 Å². The lowest BCUT2D eigenvalue weighted by Crippen LogP contribution is -2.53. The van der Waals surface area contributed by atoms with E-state index in [4.69, 9.17) is 4.74 Å². The number of H-pyrrole nitrogens is 1. The fraction of sp³-hybridized carbons (Fsp3) is 0.389. The molecular formula is C18H22N4O3. The molecule has 1 aliphatic heterocycles. The minimum Gasteiger partial charge on any atom is -0.356 e. The highest BCUT2D eigenvalue weighted by atomic mass is 16.5. The summed E-state index contributed by atoms with van der Waals surface area (Å²) >= 11 is 0. The van der Waals surface area contributed by atoms with E-state index in [1.54, 1.807) is 30.1 Å². The zero-order chi connectivity index (χ0) is 18.0. The van der Waals surface area contributed by atoms with Gasteiger partial charge in [0.25, 0.3) is 5.91 Å². The molecule has 7 heteroatoms. The van der Waals surface area contributed by atoms with Crippen molar-refractivity contribution in [2.24, 2.45) is 0 Å². The van der Waals surface area contributed by atoms with Gasteiger partial charge in [-0.3, -0.25) is 14.7 Å². The third-order valence-corrected chi connectivity index (χ3v) is 4.58. The largest absolute Gasteiger partial charge is 0.356 e. The lowest BCUT2D eigenvalue weighted by atomic mass is 9.93. The molecule has 0 saturated carbocycles. The van der Waals surface area contributed by atoms with Crippen molar-refractivity contribution in [3.63, 3.8) is 0 Å². The van der Waals surface area contributed by atoms with E-state index in [0.29, 0.717) is 6.54 Å². The number of nitrogens with zero attached hydrogens (tertiary/aromatic N) is 3. The van der Waals surface area contributed by atoms with Gasteiger partial charge in [-0.05, 0) is 24.1 Å². The SMILES string of the molecule is Cc1ccccc1[C@@H]1[C@@H](C(=O)N(C)Cc2ccn[nH]2)OCC(=O)N1C. The number of nitrogens with one attached hydrogen (secondary N) is 1. The molecule has 1 saturated heterocycles. The summed E-state index contributed by atoms with van der Waals surface area (Å²) in [5, 5.41) is 6.74. The van der Waals surface area contributed by atoms with Gasteiger partial charge in [0, 0.05) is 20.3 Å². The molecule has 0 bridgehead atoms. The summed E-state index contributed by atoms with van der Waals surface area (Å²) in [6.45, 7) is 2.28. The van der Waals surface area contributed by atoms with Crippen molar-refractivity contribution in [2.45, 2.75) is 25.6 Å². The Morgan fingerprint density at radius 2 is 2.16 bits per heavy atom. The molecule has 1 aliphatic rings. The molecular weight excluding hydrogens is 320 g/mol. The standard InChI is InChI=1S/C18H22N4O3/c1-12-6-4-5-7-14(12)16-17(25-11-15(23)22(16)3)18(24)21(2)10-13-8-9-19-20-13/h4-9,16-17H,10-11H2,1-3H3,(H,19,20)/t16-,17+/m1/s1. The van der Waals surface area contributed by atoms with Gasteiger partial charge in [0.2, 0.25) is 5.91 Å². The number of aromatic nitrogens is 2. The summed E-state index contributed by atoms with van der Waals surface area (Å²) in [5.41, 5.74) is 2.78. The molecule has 1 aromatic heterocycles. The van der Waals surface area contributed by atoms with Crippen molar-refractivity contribution in [1.29, 1.82) is 0 Å². The van der Waals surface area contributed by atoms with Crippen molar-refractivity contribution >= 4 is 11.8 Å². The molecule has 2 heterocycles. The van der Waals surface area contributed by atoms with Gasteiger partial charge >= 0.3 is 0 Å². The van der Waals surface area contributed by atoms with Crippen molar-refractivity contribution in [3.05, 3.63) is 53.3 Å². The van der Waals surface area contributed by atoms with Crippen LogP contribution in [0.3, 0.4) is 0 Å². The van der Waals surface area contributed by atoms with E-state index in [9.17, 15) is 9.59 Å². The van der Waals surface area contributed by atoms with Crippen LogP contribution in [-0.4, -0.2) is 58.6 Å². The lowest BCUT2D eigenvalue weighted by Gasteiger charge is -2.40. The first kappa shape index (κ1) is 17.2.